The van der Waals surface area contributed by atoms with Crippen LogP contribution in [0.15, 0.2) is 18.2 Å². The highest BCUT2D eigenvalue weighted by molar-refractivity contribution is 5.43. The highest BCUT2D eigenvalue weighted by atomic mass is 16.5. The fourth-order valence-electron chi connectivity index (χ4n) is 3.70. The van der Waals surface area contributed by atoms with Gasteiger partial charge in [0.2, 0.25) is 0 Å². The Morgan fingerprint density at radius 3 is 2.90 bits per heavy atom. The Bertz CT molecular complexity index is 474. The number of para-hydroxylation sites is 1. The van der Waals surface area contributed by atoms with Gasteiger partial charge in [-0.15, -0.1) is 0 Å². The van der Waals surface area contributed by atoms with Crippen LogP contribution < -0.4 is 10.1 Å². The number of hydrogen-bond donors (Lipinski definition) is 2. The molecule has 1 aliphatic heterocycles. The monoisotopic (exact) mass is 289 g/mol. The summed E-state index contributed by atoms with van der Waals surface area (Å²) in [5.74, 6) is 1.48. The number of hydrogen-bond acceptors (Lipinski definition) is 3. The first-order valence-electron chi connectivity index (χ1n) is 8.39. The van der Waals surface area contributed by atoms with Crippen molar-refractivity contribution in [2.45, 2.75) is 57.6 Å². The van der Waals surface area contributed by atoms with E-state index in [2.05, 4.69) is 30.4 Å². The number of benzene rings is 1. The lowest BCUT2D eigenvalue weighted by molar-refractivity contribution is 0.0679. The molecule has 1 heterocycles. The summed E-state index contributed by atoms with van der Waals surface area (Å²) in [6.45, 7) is 3.84. The van der Waals surface area contributed by atoms with Crippen molar-refractivity contribution in [3.05, 3.63) is 29.3 Å². The van der Waals surface area contributed by atoms with Gasteiger partial charge in [-0.1, -0.05) is 31.0 Å². The van der Waals surface area contributed by atoms with Gasteiger partial charge in [0.05, 0.1) is 12.7 Å². The van der Waals surface area contributed by atoms with E-state index in [1.54, 1.807) is 0 Å². The van der Waals surface area contributed by atoms with Crippen molar-refractivity contribution in [1.29, 1.82) is 0 Å². The van der Waals surface area contributed by atoms with Crippen LogP contribution in [0.1, 0.15) is 55.7 Å². The summed E-state index contributed by atoms with van der Waals surface area (Å²) in [6.07, 6.45) is 6.63. The Balaban J connectivity index is 1.69. The standard InChI is InChI=1S/C18H27NO2/c1-13-6-4-8-15-16(9-5-11-21-18(13)15)19-12-14-7-2-3-10-17(14)20/h4,6,8,14,16-17,19-20H,2-3,5,7,9-12H2,1H3. The average Bonchev–Trinajstić information content (AvgIpc) is 2.70. The van der Waals surface area contributed by atoms with Gasteiger partial charge in [0, 0.05) is 18.2 Å². The summed E-state index contributed by atoms with van der Waals surface area (Å²) >= 11 is 0. The molecule has 1 aliphatic carbocycles. The van der Waals surface area contributed by atoms with Crippen LogP contribution in [-0.2, 0) is 0 Å². The molecule has 2 N–H and O–H groups in total. The average molecular weight is 289 g/mol. The van der Waals surface area contributed by atoms with Gasteiger partial charge in [-0.3, -0.25) is 0 Å². The zero-order valence-electron chi connectivity index (χ0n) is 13.0. The largest absolute Gasteiger partial charge is 0.493 e. The summed E-state index contributed by atoms with van der Waals surface area (Å²) in [7, 11) is 0. The second-order valence-electron chi connectivity index (χ2n) is 6.56. The number of aryl methyl sites for hydroxylation is 1. The maximum absolute atomic E-state index is 10.1. The number of fused-ring (bicyclic) bond motifs is 1. The SMILES string of the molecule is Cc1cccc2c1OCCCC2NCC1CCCCC1O. The molecule has 3 heteroatoms. The van der Waals surface area contributed by atoms with E-state index in [9.17, 15) is 5.11 Å². The highest BCUT2D eigenvalue weighted by Crippen LogP contribution is 2.34. The molecule has 116 valence electrons. The molecule has 1 saturated carbocycles. The normalized spacial score (nSPS) is 29.3. The van der Waals surface area contributed by atoms with Crippen LogP contribution >= 0.6 is 0 Å². The number of rotatable bonds is 3. The lowest BCUT2D eigenvalue weighted by Crippen LogP contribution is -2.35. The molecule has 0 bridgehead atoms. The molecule has 0 amide bonds. The predicted molar refractivity (Wildman–Crippen MR) is 84.6 cm³/mol. The topological polar surface area (TPSA) is 41.5 Å². The predicted octanol–water partition coefficient (Wildman–Crippen LogP) is 3.35. The van der Waals surface area contributed by atoms with E-state index in [4.69, 9.17) is 4.74 Å². The number of aliphatic hydroxyl groups excluding tert-OH is 1. The van der Waals surface area contributed by atoms with Crippen molar-refractivity contribution in [2.24, 2.45) is 5.92 Å². The summed E-state index contributed by atoms with van der Waals surface area (Å²) < 4.78 is 5.93. The van der Waals surface area contributed by atoms with Crippen LogP contribution in [-0.4, -0.2) is 24.4 Å². The molecule has 0 aromatic heterocycles. The van der Waals surface area contributed by atoms with Gasteiger partial charge in [-0.05, 0) is 44.1 Å². The van der Waals surface area contributed by atoms with Gasteiger partial charge in [-0.2, -0.15) is 0 Å². The first-order chi connectivity index (χ1) is 10.3. The number of nitrogens with one attached hydrogen (secondary N) is 1. The zero-order valence-corrected chi connectivity index (χ0v) is 13.0. The molecular formula is C18H27NO2. The fourth-order valence-corrected chi connectivity index (χ4v) is 3.70. The molecule has 1 fully saturated rings. The van der Waals surface area contributed by atoms with Crippen molar-refractivity contribution < 1.29 is 9.84 Å². The molecule has 3 unspecified atom stereocenters. The minimum atomic E-state index is -0.120. The highest BCUT2D eigenvalue weighted by Gasteiger charge is 2.26. The molecule has 3 atom stereocenters. The van der Waals surface area contributed by atoms with Crippen molar-refractivity contribution in [3.8, 4) is 5.75 Å². The van der Waals surface area contributed by atoms with Crippen LogP contribution in [0.5, 0.6) is 5.75 Å². The molecular weight excluding hydrogens is 262 g/mol. The number of aliphatic hydroxyl groups is 1. The lowest BCUT2D eigenvalue weighted by atomic mass is 9.86. The van der Waals surface area contributed by atoms with E-state index in [1.165, 1.54) is 24.0 Å². The first-order valence-corrected chi connectivity index (χ1v) is 8.39. The van der Waals surface area contributed by atoms with Crippen LogP contribution in [0.3, 0.4) is 0 Å². The van der Waals surface area contributed by atoms with Gasteiger partial charge in [0.1, 0.15) is 5.75 Å². The second-order valence-corrected chi connectivity index (χ2v) is 6.56. The van der Waals surface area contributed by atoms with E-state index in [-0.39, 0.29) is 6.10 Å². The van der Waals surface area contributed by atoms with Crippen molar-refractivity contribution in [2.75, 3.05) is 13.2 Å². The van der Waals surface area contributed by atoms with Crippen molar-refractivity contribution in [3.63, 3.8) is 0 Å². The minimum absolute atomic E-state index is 0.120. The summed E-state index contributed by atoms with van der Waals surface area (Å²) in [5, 5.41) is 13.8. The molecule has 1 aromatic rings. The van der Waals surface area contributed by atoms with Gasteiger partial charge in [-0.25, -0.2) is 0 Å². The first kappa shape index (κ1) is 14.9. The summed E-state index contributed by atoms with van der Waals surface area (Å²) in [4.78, 5) is 0. The smallest absolute Gasteiger partial charge is 0.126 e. The minimum Gasteiger partial charge on any atom is -0.493 e. The fraction of sp³-hybridized carbons (Fsp3) is 0.667. The molecule has 3 rings (SSSR count). The number of ether oxygens (including phenoxy) is 1. The van der Waals surface area contributed by atoms with Crippen molar-refractivity contribution >= 4 is 0 Å². The third-order valence-corrected chi connectivity index (χ3v) is 5.00. The third-order valence-electron chi connectivity index (χ3n) is 5.00. The van der Waals surface area contributed by atoms with Crippen LogP contribution in [0.25, 0.3) is 0 Å². The summed E-state index contributed by atoms with van der Waals surface area (Å²) in [6, 6.07) is 6.78. The quantitative estimate of drug-likeness (QED) is 0.896. The van der Waals surface area contributed by atoms with E-state index in [0.29, 0.717) is 12.0 Å². The van der Waals surface area contributed by atoms with Crippen LogP contribution in [0, 0.1) is 12.8 Å². The van der Waals surface area contributed by atoms with E-state index >= 15 is 0 Å². The molecule has 0 saturated heterocycles. The van der Waals surface area contributed by atoms with Gasteiger partial charge >= 0.3 is 0 Å². The Morgan fingerprint density at radius 2 is 2.05 bits per heavy atom. The molecule has 1 aromatic carbocycles. The van der Waals surface area contributed by atoms with E-state index < -0.39 is 0 Å². The Labute approximate surface area is 127 Å². The van der Waals surface area contributed by atoms with E-state index in [1.807, 2.05) is 0 Å². The molecule has 2 aliphatic rings. The molecule has 21 heavy (non-hydrogen) atoms. The third kappa shape index (κ3) is 3.41. The van der Waals surface area contributed by atoms with Gasteiger partial charge in [0.15, 0.2) is 0 Å². The maximum atomic E-state index is 10.1. The van der Waals surface area contributed by atoms with E-state index in [0.717, 1.165) is 44.6 Å². The molecule has 3 nitrogen and oxygen atoms in total. The van der Waals surface area contributed by atoms with Crippen LogP contribution in [0.2, 0.25) is 0 Å². The van der Waals surface area contributed by atoms with Crippen molar-refractivity contribution in [1.82, 2.24) is 5.32 Å². The molecule has 0 radical (unpaired) electrons. The maximum Gasteiger partial charge on any atom is 0.126 e. The second kappa shape index (κ2) is 6.80. The Morgan fingerprint density at radius 1 is 1.19 bits per heavy atom. The zero-order chi connectivity index (χ0) is 14.7. The summed E-state index contributed by atoms with van der Waals surface area (Å²) in [5.41, 5.74) is 2.51. The van der Waals surface area contributed by atoms with Gasteiger partial charge < -0.3 is 15.2 Å². The Kier molecular flexibility index (Phi) is 4.81. The Hall–Kier alpha value is -1.06. The lowest BCUT2D eigenvalue weighted by Gasteiger charge is -2.30. The molecule has 0 spiro atoms. The van der Waals surface area contributed by atoms with Crippen LogP contribution in [0.4, 0.5) is 0 Å². The van der Waals surface area contributed by atoms with Gasteiger partial charge in [0.25, 0.3) is 0 Å².